The molecule has 2 aromatic carbocycles. The highest BCUT2D eigenvalue weighted by atomic mass is 16.5. The molecule has 1 N–H and O–H groups in total. The van der Waals surface area contributed by atoms with Crippen LogP contribution in [-0.4, -0.2) is 50.6 Å². The van der Waals surface area contributed by atoms with E-state index in [9.17, 15) is 9.90 Å². The predicted molar refractivity (Wildman–Crippen MR) is 133 cm³/mol. The van der Waals surface area contributed by atoms with Gasteiger partial charge in [-0.25, -0.2) is 4.68 Å². The van der Waals surface area contributed by atoms with Gasteiger partial charge in [0.25, 0.3) is 0 Å². The number of allylic oxidation sites excluding steroid dienone is 2. The maximum Gasteiger partial charge on any atom is 0.309 e. The van der Waals surface area contributed by atoms with Crippen molar-refractivity contribution in [3.8, 4) is 5.75 Å². The average Bonchev–Trinajstić information content (AvgIpc) is 3.22. The maximum absolute atomic E-state index is 11.9. The Hall–Kier alpha value is -3.78. The number of aliphatic hydroxyl groups excluding tert-OH is 1. The van der Waals surface area contributed by atoms with Gasteiger partial charge < -0.3 is 14.6 Å². The first kappa shape index (κ1) is 24.3. The SMILES string of the molecule is COc1ccc(/C(=C(/C=C/[C@@H]2C[C@@H](O)CC(=O)O2)c2nnnn2C)c2c(C)cc(C)cc2C)cc1. The first-order valence-corrected chi connectivity index (χ1v) is 11.5. The zero-order valence-corrected chi connectivity index (χ0v) is 20.6. The number of methoxy groups -OCH3 is 1. The molecule has 8 nitrogen and oxygen atoms in total. The molecule has 0 unspecified atom stereocenters. The summed E-state index contributed by atoms with van der Waals surface area (Å²) in [5.74, 6) is 0.907. The lowest BCUT2D eigenvalue weighted by molar-refractivity contribution is -0.156. The minimum absolute atomic E-state index is 0.0130. The van der Waals surface area contributed by atoms with Crippen molar-refractivity contribution < 1.29 is 19.4 Å². The number of aryl methyl sites for hydroxylation is 4. The molecule has 35 heavy (non-hydrogen) atoms. The van der Waals surface area contributed by atoms with Crippen LogP contribution in [0.3, 0.4) is 0 Å². The highest BCUT2D eigenvalue weighted by Crippen LogP contribution is 2.37. The normalized spacial score (nSPS) is 19.0. The van der Waals surface area contributed by atoms with Crippen LogP contribution >= 0.6 is 0 Å². The third-order valence-electron chi connectivity index (χ3n) is 6.10. The number of tetrazole rings is 1. The first-order valence-electron chi connectivity index (χ1n) is 11.5. The number of ether oxygens (including phenoxy) is 2. The predicted octanol–water partition coefficient (Wildman–Crippen LogP) is 3.73. The fourth-order valence-electron chi connectivity index (χ4n) is 4.62. The zero-order valence-electron chi connectivity index (χ0n) is 20.6. The summed E-state index contributed by atoms with van der Waals surface area (Å²) in [5.41, 5.74) is 7.17. The Morgan fingerprint density at radius 3 is 2.43 bits per heavy atom. The van der Waals surface area contributed by atoms with Crippen molar-refractivity contribution >= 4 is 17.1 Å². The second-order valence-electron chi connectivity index (χ2n) is 8.90. The lowest BCUT2D eigenvalue weighted by Crippen LogP contribution is -2.31. The zero-order chi connectivity index (χ0) is 25.1. The summed E-state index contributed by atoms with van der Waals surface area (Å²) in [4.78, 5) is 11.9. The van der Waals surface area contributed by atoms with Gasteiger partial charge in [-0.2, -0.15) is 0 Å². The number of esters is 1. The molecule has 182 valence electrons. The van der Waals surface area contributed by atoms with E-state index < -0.39 is 18.2 Å². The molecule has 3 aromatic rings. The van der Waals surface area contributed by atoms with Crippen molar-refractivity contribution in [2.24, 2.45) is 7.05 Å². The minimum atomic E-state index is -0.725. The molecule has 1 saturated heterocycles. The number of benzene rings is 2. The number of carbonyl (C=O) groups is 1. The van der Waals surface area contributed by atoms with E-state index in [-0.39, 0.29) is 6.42 Å². The Morgan fingerprint density at radius 1 is 1.17 bits per heavy atom. The number of aromatic nitrogens is 4. The largest absolute Gasteiger partial charge is 0.497 e. The highest BCUT2D eigenvalue weighted by molar-refractivity contribution is 6.02. The molecular formula is C27H30N4O4. The summed E-state index contributed by atoms with van der Waals surface area (Å²) in [6.45, 7) is 6.26. The molecule has 1 aliphatic rings. The van der Waals surface area contributed by atoms with E-state index in [1.165, 1.54) is 5.56 Å². The van der Waals surface area contributed by atoms with Crippen LogP contribution in [0.1, 0.15) is 46.5 Å². The Labute approximate surface area is 204 Å². The van der Waals surface area contributed by atoms with E-state index in [0.29, 0.717) is 12.2 Å². The molecule has 0 aliphatic carbocycles. The lowest BCUT2D eigenvalue weighted by Gasteiger charge is -2.24. The van der Waals surface area contributed by atoms with Crippen molar-refractivity contribution in [2.75, 3.05) is 7.11 Å². The summed E-state index contributed by atoms with van der Waals surface area (Å²) < 4.78 is 12.4. The van der Waals surface area contributed by atoms with Crippen LogP contribution in [0.5, 0.6) is 5.75 Å². The van der Waals surface area contributed by atoms with Crippen LogP contribution in [0.25, 0.3) is 11.1 Å². The number of aliphatic hydroxyl groups is 1. The molecule has 0 radical (unpaired) electrons. The van der Waals surface area contributed by atoms with E-state index in [1.807, 2.05) is 30.3 Å². The van der Waals surface area contributed by atoms with Gasteiger partial charge in [0.2, 0.25) is 0 Å². The number of nitrogens with zero attached hydrogens (tertiary/aromatic N) is 4. The molecule has 0 amide bonds. The fourth-order valence-corrected chi connectivity index (χ4v) is 4.62. The third kappa shape index (κ3) is 5.33. The summed E-state index contributed by atoms with van der Waals surface area (Å²) in [7, 11) is 3.42. The van der Waals surface area contributed by atoms with Gasteiger partial charge in [-0.15, -0.1) is 5.10 Å². The molecule has 8 heteroatoms. The molecule has 0 saturated carbocycles. The molecule has 2 atom stereocenters. The van der Waals surface area contributed by atoms with Crippen molar-refractivity contribution in [1.29, 1.82) is 0 Å². The van der Waals surface area contributed by atoms with Crippen LogP contribution in [0, 0.1) is 20.8 Å². The number of rotatable bonds is 6. The number of hydrogen-bond acceptors (Lipinski definition) is 7. The van der Waals surface area contributed by atoms with Gasteiger partial charge in [-0.05, 0) is 71.7 Å². The summed E-state index contributed by atoms with van der Waals surface area (Å²) in [5, 5.41) is 22.3. The van der Waals surface area contributed by atoms with Crippen LogP contribution in [0.4, 0.5) is 0 Å². The Balaban J connectivity index is 1.98. The van der Waals surface area contributed by atoms with Gasteiger partial charge in [0, 0.05) is 24.6 Å². The molecule has 0 spiro atoms. The van der Waals surface area contributed by atoms with E-state index in [0.717, 1.165) is 39.1 Å². The molecule has 2 heterocycles. The molecule has 1 aliphatic heterocycles. The van der Waals surface area contributed by atoms with Gasteiger partial charge in [0.1, 0.15) is 11.9 Å². The van der Waals surface area contributed by atoms with Crippen molar-refractivity contribution in [3.05, 3.63) is 82.2 Å². The number of carbonyl (C=O) groups excluding carboxylic acids is 1. The van der Waals surface area contributed by atoms with E-state index in [2.05, 4.69) is 48.4 Å². The summed E-state index contributed by atoms with van der Waals surface area (Å²) >= 11 is 0. The molecule has 1 fully saturated rings. The highest BCUT2D eigenvalue weighted by Gasteiger charge is 2.26. The summed E-state index contributed by atoms with van der Waals surface area (Å²) in [6, 6.07) is 12.2. The Bertz CT molecular complexity index is 1270. The summed E-state index contributed by atoms with van der Waals surface area (Å²) in [6.07, 6.45) is 2.77. The fraction of sp³-hybridized carbons (Fsp3) is 0.333. The standard InChI is InChI=1S/C27H30N4O4/c1-16-12-17(2)25(18(3)13-16)26(19-6-8-21(34-5)9-7-19)23(27-28-29-30-31(27)4)11-10-22-14-20(32)15-24(33)35-22/h6-13,20,22,32H,14-15H2,1-5H3/b11-10+,26-23+/t20-,22-/m1/s1. The van der Waals surface area contributed by atoms with Crippen LogP contribution in [-0.2, 0) is 16.6 Å². The van der Waals surface area contributed by atoms with Crippen molar-refractivity contribution in [1.82, 2.24) is 20.2 Å². The molecular weight excluding hydrogens is 444 g/mol. The first-order chi connectivity index (χ1) is 16.8. The van der Waals surface area contributed by atoms with Gasteiger partial charge in [0.05, 0.1) is 19.6 Å². The van der Waals surface area contributed by atoms with Gasteiger partial charge >= 0.3 is 5.97 Å². The second-order valence-corrected chi connectivity index (χ2v) is 8.90. The Morgan fingerprint density at radius 2 is 1.86 bits per heavy atom. The number of cyclic esters (lactones) is 1. The molecule has 1 aromatic heterocycles. The third-order valence-corrected chi connectivity index (χ3v) is 6.10. The van der Waals surface area contributed by atoms with Gasteiger partial charge in [0.15, 0.2) is 5.82 Å². The number of hydrogen-bond donors (Lipinski definition) is 1. The van der Waals surface area contributed by atoms with Gasteiger partial charge in [-0.3, -0.25) is 4.79 Å². The van der Waals surface area contributed by atoms with E-state index in [4.69, 9.17) is 9.47 Å². The molecule has 0 bridgehead atoms. The van der Waals surface area contributed by atoms with Crippen LogP contribution < -0.4 is 4.74 Å². The molecule has 4 rings (SSSR count). The smallest absolute Gasteiger partial charge is 0.309 e. The van der Waals surface area contributed by atoms with Gasteiger partial charge in [-0.1, -0.05) is 35.9 Å². The average molecular weight is 475 g/mol. The lowest BCUT2D eigenvalue weighted by atomic mass is 9.86. The monoisotopic (exact) mass is 474 g/mol. The Kier molecular flexibility index (Phi) is 7.12. The van der Waals surface area contributed by atoms with Crippen LogP contribution in [0.2, 0.25) is 0 Å². The minimum Gasteiger partial charge on any atom is -0.497 e. The quantitative estimate of drug-likeness (QED) is 0.429. The van der Waals surface area contributed by atoms with E-state index in [1.54, 1.807) is 24.9 Å². The van der Waals surface area contributed by atoms with Crippen molar-refractivity contribution in [2.45, 2.75) is 45.8 Å². The van der Waals surface area contributed by atoms with Crippen LogP contribution in [0.15, 0.2) is 48.6 Å². The second kappa shape index (κ2) is 10.2. The topological polar surface area (TPSA) is 99.4 Å². The van der Waals surface area contributed by atoms with E-state index >= 15 is 0 Å². The van der Waals surface area contributed by atoms with Crippen molar-refractivity contribution in [3.63, 3.8) is 0 Å². The maximum atomic E-state index is 11.9.